The lowest BCUT2D eigenvalue weighted by Gasteiger charge is -2.04. The first-order chi connectivity index (χ1) is 10.4. The number of para-hydroxylation sites is 2. The minimum absolute atomic E-state index is 1.21. The van der Waals surface area contributed by atoms with Gasteiger partial charge in [0.15, 0.2) is 0 Å². The van der Waals surface area contributed by atoms with E-state index in [0.717, 1.165) is 0 Å². The number of aromatic nitrogens is 1. The number of thiol groups is 1. The van der Waals surface area contributed by atoms with E-state index < -0.39 is 0 Å². The zero-order chi connectivity index (χ0) is 16.1. The number of rotatable bonds is 1. The highest BCUT2D eigenvalue weighted by Gasteiger charge is 2.00. The monoisotopic (exact) mass is 301 g/mol. The zero-order valence-corrected chi connectivity index (χ0v) is 14.6. The van der Waals surface area contributed by atoms with Crippen LogP contribution in [0.15, 0.2) is 66.9 Å². The molecule has 3 rings (SSSR count). The molecule has 0 fully saturated rings. The van der Waals surface area contributed by atoms with Gasteiger partial charge in [0.25, 0.3) is 0 Å². The fourth-order valence-corrected chi connectivity index (χ4v) is 1.90. The number of fused-ring (bicyclic) bond motifs is 1. The van der Waals surface area contributed by atoms with E-state index in [-0.39, 0.29) is 0 Å². The lowest BCUT2D eigenvalue weighted by molar-refractivity contribution is 1.13. The summed E-state index contributed by atoms with van der Waals surface area (Å²) in [5.41, 5.74) is 2.46. The molecule has 0 saturated heterocycles. The summed E-state index contributed by atoms with van der Waals surface area (Å²) < 4.78 is 2.20. The molecule has 0 unspecified atom stereocenters. The Morgan fingerprint density at radius 2 is 1.19 bits per heavy atom. The molecule has 2 aromatic carbocycles. The summed E-state index contributed by atoms with van der Waals surface area (Å²) in [6, 6.07) is 20.9. The second-order valence-electron chi connectivity index (χ2n) is 3.58. The number of nitrogens with zero attached hydrogens (tertiary/aromatic N) is 1. The molecular weight excluding hydrogens is 274 g/mol. The Hall–Kier alpha value is -1.67. The van der Waals surface area contributed by atoms with Crippen LogP contribution >= 0.6 is 12.6 Å². The number of benzene rings is 2. The summed E-state index contributed by atoms with van der Waals surface area (Å²) in [5, 5.41) is 1.28. The molecule has 0 amide bonds. The minimum Gasteiger partial charge on any atom is -0.317 e. The highest BCUT2D eigenvalue weighted by Crippen LogP contribution is 2.19. The van der Waals surface area contributed by atoms with Crippen molar-refractivity contribution in [3.05, 3.63) is 66.9 Å². The average molecular weight is 301 g/mol. The van der Waals surface area contributed by atoms with Gasteiger partial charge in [-0.05, 0) is 35.9 Å². The second kappa shape index (κ2) is 12.1. The third-order valence-electron chi connectivity index (χ3n) is 2.63. The summed E-state index contributed by atoms with van der Waals surface area (Å²) in [6.07, 6.45) is 3.81. The fourth-order valence-electron chi connectivity index (χ4n) is 1.90. The van der Waals surface area contributed by atoms with Crippen molar-refractivity contribution in [2.45, 2.75) is 27.7 Å². The van der Waals surface area contributed by atoms with Gasteiger partial charge in [-0.2, -0.15) is 12.6 Å². The molecule has 0 aliphatic heterocycles. The largest absolute Gasteiger partial charge is 0.317 e. The quantitative estimate of drug-likeness (QED) is 0.508. The van der Waals surface area contributed by atoms with Gasteiger partial charge >= 0.3 is 0 Å². The van der Waals surface area contributed by atoms with Crippen LogP contribution < -0.4 is 0 Å². The van der Waals surface area contributed by atoms with E-state index in [4.69, 9.17) is 0 Å². The van der Waals surface area contributed by atoms with E-state index in [9.17, 15) is 0 Å². The molecule has 0 aliphatic carbocycles. The van der Waals surface area contributed by atoms with Crippen LogP contribution in [0.3, 0.4) is 0 Å². The van der Waals surface area contributed by atoms with Crippen molar-refractivity contribution < 1.29 is 0 Å². The standard InChI is InChI=1S/C14H11N.2C2H6.CH4S/c1-2-7-13(8-3-1)15-11-10-12-6-4-5-9-14(12)15;3*1-2/h1-11H;2*1-2H3;2H,1H3. The van der Waals surface area contributed by atoms with Crippen LogP contribution in [0.4, 0.5) is 0 Å². The Morgan fingerprint density at radius 3 is 1.81 bits per heavy atom. The van der Waals surface area contributed by atoms with E-state index in [1.54, 1.807) is 6.26 Å². The SMILES string of the molecule is CC.CC.CS.c1ccc(-n2ccc3ccccc32)cc1. The predicted molar refractivity (Wildman–Crippen MR) is 101 cm³/mol. The summed E-state index contributed by atoms with van der Waals surface area (Å²) in [5.74, 6) is 0. The molecule has 114 valence electrons. The third kappa shape index (κ3) is 5.31. The third-order valence-corrected chi connectivity index (χ3v) is 2.63. The lowest BCUT2D eigenvalue weighted by atomic mass is 10.2. The Bertz CT molecular complexity index is 585. The molecule has 2 heteroatoms. The van der Waals surface area contributed by atoms with Crippen molar-refractivity contribution in [2.24, 2.45) is 0 Å². The van der Waals surface area contributed by atoms with E-state index in [1.165, 1.54) is 16.6 Å². The molecule has 0 bridgehead atoms. The van der Waals surface area contributed by atoms with E-state index in [1.807, 2.05) is 33.8 Å². The van der Waals surface area contributed by atoms with Gasteiger partial charge in [0.1, 0.15) is 0 Å². The Balaban J connectivity index is 0.000000598. The Kier molecular flexibility index (Phi) is 11.1. The van der Waals surface area contributed by atoms with Gasteiger partial charge in [-0.15, -0.1) is 0 Å². The van der Waals surface area contributed by atoms with Crippen molar-refractivity contribution in [1.82, 2.24) is 4.57 Å². The first kappa shape index (κ1) is 19.3. The molecule has 0 N–H and O–H groups in total. The van der Waals surface area contributed by atoms with Crippen LogP contribution in [0.1, 0.15) is 27.7 Å². The van der Waals surface area contributed by atoms with Crippen LogP contribution in [-0.4, -0.2) is 10.8 Å². The van der Waals surface area contributed by atoms with Crippen molar-refractivity contribution in [1.29, 1.82) is 0 Å². The van der Waals surface area contributed by atoms with Crippen molar-refractivity contribution >= 4 is 23.5 Å². The maximum absolute atomic E-state index is 3.53. The molecule has 0 radical (unpaired) electrons. The first-order valence-electron chi connectivity index (χ1n) is 7.51. The van der Waals surface area contributed by atoms with E-state index >= 15 is 0 Å². The molecule has 0 spiro atoms. The van der Waals surface area contributed by atoms with Crippen LogP contribution in [0.2, 0.25) is 0 Å². The Labute approximate surface area is 135 Å². The summed E-state index contributed by atoms with van der Waals surface area (Å²) in [6.45, 7) is 8.00. The highest BCUT2D eigenvalue weighted by molar-refractivity contribution is 7.79. The van der Waals surface area contributed by atoms with Gasteiger partial charge in [-0.25, -0.2) is 0 Å². The fraction of sp³-hybridized carbons (Fsp3) is 0.263. The number of hydrogen-bond donors (Lipinski definition) is 1. The summed E-state index contributed by atoms with van der Waals surface area (Å²) in [7, 11) is 0. The van der Waals surface area contributed by atoms with Gasteiger partial charge in [0.2, 0.25) is 0 Å². The molecule has 0 saturated carbocycles. The van der Waals surface area contributed by atoms with Gasteiger partial charge in [-0.3, -0.25) is 0 Å². The molecule has 1 nitrogen and oxygen atoms in total. The topological polar surface area (TPSA) is 4.93 Å². The lowest BCUT2D eigenvalue weighted by Crippen LogP contribution is -1.89. The predicted octanol–water partition coefficient (Wildman–Crippen LogP) is 6.23. The van der Waals surface area contributed by atoms with Crippen molar-refractivity contribution in [3.63, 3.8) is 0 Å². The second-order valence-corrected chi connectivity index (χ2v) is 3.58. The molecular formula is C19H27NS. The molecule has 3 aromatic rings. The molecule has 0 atom stereocenters. The maximum atomic E-state index is 3.53. The van der Waals surface area contributed by atoms with Crippen molar-refractivity contribution in [3.8, 4) is 5.69 Å². The van der Waals surface area contributed by atoms with Crippen molar-refractivity contribution in [2.75, 3.05) is 6.26 Å². The molecule has 1 heterocycles. The van der Waals surface area contributed by atoms with Crippen LogP contribution in [0, 0.1) is 0 Å². The van der Waals surface area contributed by atoms with E-state index in [0.29, 0.717) is 0 Å². The Morgan fingerprint density at radius 1 is 0.667 bits per heavy atom. The van der Waals surface area contributed by atoms with Crippen LogP contribution in [0.5, 0.6) is 0 Å². The zero-order valence-electron chi connectivity index (χ0n) is 13.7. The maximum Gasteiger partial charge on any atom is 0.0528 e. The van der Waals surface area contributed by atoms with Gasteiger partial charge in [-0.1, -0.05) is 64.1 Å². The minimum atomic E-state index is 1.21. The first-order valence-corrected chi connectivity index (χ1v) is 8.41. The summed E-state index contributed by atoms with van der Waals surface area (Å²) in [4.78, 5) is 0. The van der Waals surface area contributed by atoms with E-state index in [2.05, 4.69) is 78.0 Å². The number of hydrogen-bond acceptors (Lipinski definition) is 1. The van der Waals surface area contributed by atoms with Crippen LogP contribution in [-0.2, 0) is 0 Å². The summed E-state index contributed by atoms with van der Waals surface area (Å²) >= 11 is 3.53. The van der Waals surface area contributed by atoms with Gasteiger partial charge in [0.05, 0.1) is 5.52 Å². The smallest absolute Gasteiger partial charge is 0.0528 e. The molecule has 0 aliphatic rings. The molecule has 21 heavy (non-hydrogen) atoms. The average Bonchev–Trinajstić information content (AvgIpc) is 3.05. The van der Waals surface area contributed by atoms with Crippen LogP contribution in [0.25, 0.3) is 16.6 Å². The van der Waals surface area contributed by atoms with Gasteiger partial charge in [0, 0.05) is 11.9 Å². The van der Waals surface area contributed by atoms with Gasteiger partial charge < -0.3 is 4.57 Å². The normalized spacial score (nSPS) is 8.48. The highest BCUT2D eigenvalue weighted by atomic mass is 32.1. The molecule has 1 aromatic heterocycles.